The second-order valence-electron chi connectivity index (χ2n) is 4.03. The predicted molar refractivity (Wildman–Crippen MR) is 67.3 cm³/mol. The first-order valence-electron chi connectivity index (χ1n) is 5.36. The van der Waals surface area contributed by atoms with Crippen LogP contribution in [0.4, 0.5) is 0 Å². The molecule has 104 valence electrons. The molecule has 0 aliphatic heterocycles. The van der Waals surface area contributed by atoms with Gasteiger partial charge in [-0.25, -0.2) is 13.2 Å². The summed E-state index contributed by atoms with van der Waals surface area (Å²) in [6, 6.07) is 2.64. The fraction of sp³-hybridized carbons (Fsp3) is 0.364. The summed E-state index contributed by atoms with van der Waals surface area (Å²) in [6.45, 7) is 1.26. The van der Waals surface area contributed by atoms with Gasteiger partial charge in [0, 0.05) is 12.5 Å². The van der Waals surface area contributed by atoms with Crippen molar-refractivity contribution in [3.63, 3.8) is 0 Å². The third kappa shape index (κ3) is 4.32. The van der Waals surface area contributed by atoms with Crippen molar-refractivity contribution in [1.82, 2.24) is 10.3 Å². The number of carboxylic acid groups (broad SMARTS) is 1. The molecule has 19 heavy (non-hydrogen) atoms. The molecule has 1 aromatic heterocycles. The zero-order valence-electron chi connectivity index (χ0n) is 10.5. The number of aromatic carboxylic acids is 1. The van der Waals surface area contributed by atoms with Crippen LogP contribution in [0, 0.1) is 0 Å². The largest absolute Gasteiger partial charge is 0.478 e. The van der Waals surface area contributed by atoms with Gasteiger partial charge in [-0.3, -0.25) is 9.78 Å². The first-order chi connectivity index (χ1) is 8.71. The van der Waals surface area contributed by atoms with Crippen LogP contribution in [0.3, 0.4) is 0 Å². The van der Waals surface area contributed by atoms with Crippen LogP contribution in [0.1, 0.15) is 23.0 Å². The number of hydrogen-bond acceptors (Lipinski definition) is 5. The van der Waals surface area contributed by atoms with Gasteiger partial charge < -0.3 is 10.4 Å². The first kappa shape index (κ1) is 15.1. The number of carboxylic acids is 1. The fourth-order valence-corrected chi connectivity index (χ4v) is 1.70. The average Bonchev–Trinajstić information content (AvgIpc) is 2.34. The third-order valence-corrected chi connectivity index (χ3v) is 4.02. The molecule has 0 radical (unpaired) electrons. The summed E-state index contributed by atoms with van der Waals surface area (Å²) in [6.07, 6.45) is 2.28. The zero-order valence-corrected chi connectivity index (χ0v) is 11.3. The van der Waals surface area contributed by atoms with E-state index in [-0.39, 0.29) is 12.1 Å². The van der Waals surface area contributed by atoms with Crippen molar-refractivity contribution in [1.29, 1.82) is 0 Å². The molecular formula is C11H14N2O5S. The SMILES string of the molecule is CC(C(=O)NCc1cc(C(=O)O)ccn1)S(C)(=O)=O. The number of rotatable bonds is 5. The van der Waals surface area contributed by atoms with Crippen LogP contribution in [0.5, 0.6) is 0 Å². The Morgan fingerprint density at radius 3 is 2.63 bits per heavy atom. The van der Waals surface area contributed by atoms with E-state index in [4.69, 9.17) is 5.11 Å². The highest BCUT2D eigenvalue weighted by molar-refractivity contribution is 7.92. The molecule has 1 unspecified atom stereocenters. The van der Waals surface area contributed by atoms with Crippen LogP contribution < -0.4 is 5.32 Å². The number of aromatic nitrogens is 1. The van der Waals surface area contributed by atoms with Gasteiger partial charge in [0.05, 0.1) is 17.8 Å². The lowest BCUT2D eigenvalue weighted by Crippen LogP contribution is -2.37. The van der Waals surface area contributed by atoms with E-state index in [1.165, 1.54) is 25.3 Å². The molecule has 1 amide bonds. The van der Waals surface area contributed by atoms with Crippen molar-refractivity contribution in [2.24, 2.45) is 0 Å². The Morgan fingerprint density at radius 2 is 2.11 bits per heavy atom. The Balaban J connectivity index is 2.70. The summed E-state index contributed by atoms with van der Waals surface area (Å²) in [7, 11) is -3.45. The number of carbonyl (C=O) groups is 2. The monoisotopic (exact) mass is 286 g/mol. The van der Waals surface area contributed by atoms with E-state index in [1.54, 1.807) is 0 Å². The van der Waals surface area contributed by atoms with Crippen LogP contribution in [0.15, 0.2) is 18.3 Å². The van der Waals surface area contributed by atoms with Gasteiger partial charge >= 0.3 is 5.97 Å². The summed E-state index contributed by atoms with van der Waals surface area (Å²) in [5.74, 6) is -1.75. The van der Waals surface area contributed by atoms with Gasteiger partial charge in [0.15, 0.2) is 9.84 Å². The number of nitrogens with zero attached hydrogens (tertiary/aromatic N) is 1. The Kier molecular flexibility index (Phi) is 4.60. The van der Waals surface area contributed by atoms with Crippen molar-refractivity contribution in [2.45, 2.75) is 18.7 Å². The lowest BCUT2D eigenvalue weighted by atomic mass is 10.2. The summed E-state index contributed by atoms with van der Waals surface area (Å²) in [5.41, 5.74) is 0.393. The molecule has 7 nitrogen and oxygen atoms in total. The second-order valence-corrected chi connectivity index (χ2v) is 6.40. The highest BCUT2D eigenvalue weighted by atomic mass is 32.2. The Bertz CT molecular complexity index is 597. The summed E-state index contributed by atoms with van der Waals surface area (Å²) >= 11 is 0. The molecule has 1 atom stereocenters. The van der Waals surface area contributed by atoms with Crippen LogP contribution in [-0.2, 0) is 21.2 Å². The second kappa shape index (κ2) is 5.79. The van der Waals surface area contributed by atoms with Crippen molar-refractivity contribution >= 4 is 21.7 Å². The fourth-order valence-electron chi connectivity index (χ4n) is 1.22. The van der Waals surface area contributed by atoms with Crippen LogP contribution in [-0.4, -0.2) is 41.9 Å². The van der Waals surface area contributed by atoms with E-state index in [1.807, 2.05) is 0 Å². The smallest absolute Gasteiger partial charge is 0.335 e. The lowest BCUT2D eigenvalue weighted by Gasteiger charge is -2.10. The van der Waals surface area contributed by atoms with Gasteiger partial charge in [-0.05, 0) is 19.1 Å². The standard InChI is InChI=1S/C11H14N2O5S/c1-7(19(2,17)18)10(14)13-6-9-5-8(11(15)16)3-4-12-9/h3-5,7H,6H2,1-2H3,(H,13,14)(H,15,16). The molecule has 0 aliphatic rings. The molecule has 1 aromatic rings. The van der Waals surface area contributed by atoms with Crippen molar-refractivity contribution in [3.05, 3.63) is 29.6 Å². The highest BCUT2D eigenvalue weighted by Gasteiger charge is 2.23. The maximum atomic E-state index is 11.5. The molecule has 0 spiro atoms. The Hall–Kier alpha value is -1.96. The van der Waals surface area contributed by atoms with E-state index in [2.05, 4.69) is 10.3 Å². The number of nitrogens with one attached hydrogen (secondary N) is 1. The molecule has 0 aliphatic carbocycles. The molecule has 2 N–H and O–H groups in total. The van der Waals surface area contributed by atoms with E-state index in [0.29, 0.717) is 5.69 Å². The van der Waals surface area contributed by atoms with Crippen molar-refractivity contribution in [2.75, 3.05) is 6.26 Å². The number of pyridine rings is 1. The predicted octanol–water partition coefficient (Wildman–Crippen LogP) is -0.171. The van der Waals surface area contributed by atoms with Gasteiger partial charge in [0.1, 0.15) is 5.25 Å². The minimum absolute atomic E-state index is 0.0280. The zero-order chi connectivity index (χ0) is 14.6. The minimum atomic E-state index is -3.45. The van der Waals surface area contributed by atoms with Gasteiger partial charge in [-0.15, -0.1) is 0 Å². The summed E-state index contributed by atoms with van der Waals surface area (Å²) in [4.78, 5) is 26.2. The third-order valence-electron chi connectivity index (χ3n) is 2.52. The highest BCUT2D eigenvalue weighted by Crippen LogP contribution is 2.03. The van der Waals surface area contributed by atoms with E-state index >= 15 is 0 Å². The molecule has 8 heteroatoms. The molecule has 0 aromatic carbocycles. The van der Waals surface area contributed by atoms with Gasteiger partial charge in [-0.2, -0.15) is 0 Å². The van der Waals surface area contributed by atoms with E-state index in [9.17, 15) is 18.0 Å². The number of carbonyl (C=O) groups excluding carboxylic acids is 1. The number of hydrogen-bond donors (Lipinski definition) is 2. The molecule has 1 rings (SSSR count). The molecule has 0 saturated heterocycles. The molecular weight excluding hydrogens is 272 g/mol. The Morgan fingerprint density at radius 1 is 1.47 bits per heavy atom. The first-order valence-corrected chi connectivity index (χ1v) is 7.32. The summed E-state index contributed by atoms with van der Waals surface area (Å²) < 4.78 is 22.3. The van der Waals surface area contributed by atoms with Gasteiger partial charge in [0.2, 0.25) is 5.91 Å². The lowest BCUT2D eigenvalue weighted by molar-refractivity contribution is -0.120. The van der Waals surface area contributed by atoms with E-state index < -0.39 is 27.0 Å². The normalized spacial score (nSPS) is 12.7. The van der Waals surface area contributed by atoms with Crippen LogP contribution in [0.2, 0.25) is 0 Å². The topological polar surface area (TPSA) is 113 Å². The molecule has 0 bridgehead atoms. The molecule has 1 heterocycles. The maximum absolute atomic E-state index is 11.5. The molecule has 0 saturated carbocycles. The Labute approximate surface area is 110 Å². The van der Waals surface area contributed by atoms with Crippen molar-refractivity contribution in [3.8, 4) is 0 Å². The van der Waals surface area contributed by atoms with Crippen LogP contribution in [0.25, 0.3) is 0 Å². The molecule has 0 fully saturated rings. The number of sulfone groups is 1. The quantitative estimate of drug-likeness (QED) is 0.776. The van der Waals surface area contributed by atoms with Gasteiger partial charge in [-0.1, -0.05) is 0 Å². The van der Waals surface area contributed by atoms with E-state index in [0.717, 1.165) is 6.26 Å². The average molecular weight is 286 g/mol. The summed E-state index contributed by atoms with van der Waals surface area (Å²) in [5, 5.41) is 10.0. The van der Waals surface area contributed by atoms with Crippen LogP contribution >= 0.6 is 0 Å². The number of amides is 1. The van der Waals surface area contributed by atoms with Gasteiger partial charge in [0.25, 0.3) is 0 Å². The minimum Gasteiger partial charge on any atom is -0.478 e. The maximum Gasteiger partial charge on any atom is 0.335 e. The van der Waals surface area contributed by atoms with Crippen molar-refractivity contribution < 1.29 is 23.1 Å².